The quantitative estimate of drug-likeness (QED) is 0.563. The number of hydrazone groups is 1. The van der Waals surface area contributed by atoms with E-state index in [0.717, 1.165) is 43.4 Å². The third-order valence-corrected chi connectivity index (χ3v) is 5.34. The van der Waals surface area contributed by atoms with E-state index in [-0.39, 0.29) is 17.7 Å². The molecule has 1 aromatic rings. The summed E-state index contributed by atoms with van der Waals surface area (Å²) in [7, 11) is 3.25. The highest BCUT2D eigenvalue weighted by atomic mass is 16.5. The molecular weight excluding hydrogens is 342 g/mol. The van der Waals surface area contributed by atoms with Gasteiger partial charge < -0.3 is 15.2 Å². The van der Waals surface area contributed by atoms with Crippen molar-refractivity contribution < 1.29 is 14.3 Å². The second-order valence-corrected chi connectivity index (χ2v) is 7.02. The number of benzene rings is 1. The van der Waals surface area contributed by atoms with Crippen molar-refractivity contribution in [3.63, 3.8) is 0 Å². The molecule has 1 aliphatic carbocycles. The zero-order valence-corrected chi connectivity index (χ0v) is 16.2. The highest BCUT2D eigenvalue weighted by Gasteiger charge is 2.39. The summed E-state index contributed by atoms with van der Waals surface area (Å²) in [6, 6.07) is 5.85. The monoisotopic (exact) mass is 371 g/mol. The van der Waals surface area contributed by atoms with Gasteiger partial charge in [0.1, 0.15) is 0 Å². The lowest BCUT2D eigenvalue weighted by Gasteiger charge is -2.37. The Hall–Kier alpha value is -2.34. The van der Waals surface area contributed by atoms with Gasteiger partial charge in [-0.25, -0.2) is 5.01 Å². The molecule has 2 aliphatic rings. The molecule has 0 spiro atoms. The molecule has 2 N–H and O–H groups in total. The van der Waals surface area contributed by atoms with Crippen LogP contribution in [0, 0.1) is 11.8 Å². The molecule has 1 amide bonds. The maximum absolute atomic E-state index is 12.9. The number of unbranched alkanes of at least 4 members (excludes halogenated alkanes) is 2. The zero-order valence-electron chi connectivity index (χ0n) is 16.2. The molecule has 146 valence electrons. The molecule has 0 unspecified atom stereocenters. The summed E-state index contributed by atoms with van der Waals surface area (Å²) in [5.41, 5.74) is 7.52. The summed E-state index contributed by atoms with van der Waals surface area (Å²) in [6.07, 6.45) is 8.78. The first kappa shape index (κ1) is 19.4. The predicted molar refractivity (Wildman–Crippen MR) is 106 cm³/mol. The molecule has 27 heavy (non-hydrogen) atoms. The van der Waals surface area contributed by atoms with Gasteiger partial charge in [0.2, 0.25) is 5.91 Å². The number of ether oxygens (including phenoxy) is 2. The van der Waals surface area contributed by atoms with Gasteiger partial charge in [-0.15, -0.1) is 0 Å². The van der Waals surface area contributed by atoms with Crippen molar-refractivity contribution in [2.24, 2.45) is 22.7 Å². The van der Waals surface area contributed by atoms with Crippen molar-refractivity contribution in [1.29, 1.82) is 0 Å². The number of hydrogen-bond acceptors (Lipinski definition) is 5. The number of methoxy groups -OCH3 is 2. The van der Waals surface area contributed by atoms with E-state index in [2.05, 4.69) is 12.2 Å². The van der Waals surface area contributed by atoms with E-state index in [1.54, 1.807) is 19.2 Å². The van der Waals surface area contributed by atoms with Gasteiger partial charge in [-0.1, -0.05) is 18.6 Å². The minimum Gasteiger partial charge on any atom is -0.493 e. The van der Waals surface area contributed by atoms with Gasteiger partial charge in [-0.3, -0.25) is 4.79 Å². The number of rotatable bonds is 8. The fourth-order valence-electron chi connectivity index (χ4n) is 3.84. The molecule has 0 bridgehead atoms. The smallest absolute Gasteiger partial charge is 0.246 e. The lowest BCUT2D eigenvalue weighted by atomic mass is 9.76. The Morgan fingerprint density at radius 1 is 1.07 bits per heavy atom. The Morgan fingerprint density at radius 3 is 2.52 bits per heavy atom. The zero-order chi connectivity index (χ0) is 19.2. The molecule has 0 saturated heterocycles. The Bertz CT molecular complexity index is 729. The van der Waals surface area contributed by atoms with E-state index in [0.29, 0.717) is 24.6 Å². The van der Waals surface area contributed by atoms with E-state index in [1.807, 2.05) is 18.2 Å². The SMILES string of the molecule is COc1ccc(C2=NN(CCCCCN)C(=O)[C@@H]3CC=CC[C@H]23)cc1OC. The summed E-state index contributed by atoms with van der Waals surface area (Å²) in [5, 5.41) is 6.45. The average molecular weight is 371 g/mol. The Morgan fingerprint density at radius 2 is 1.81 bits per heavy atom. The Labute approximate surface area is 161 Å². The standard InChI is InChI=1S/C21H29N3O3/c1-26-18-11-10-15(14-19(18)27-2)20-16-8-4-5-9-17(16)21(25)24(23-20)13-7-3-6-12-22/h4-5,10-11,14,16-17H,3,6-9,12-13,22H2,1-2H3/t16-,17+/m0/s1. The first-order valence-electron chi connectivity index (χ1n) is 9.67. The van der Waals surface area contributed by atoms with Crippen LogP contribution in [0.25, 0.3) is 0 Å². The summed E-state index contributed by atoms with van der Waals surface area (Å²) < 4.78 is 10.8. The van der Waals surface area contributed by atoms with Gasteiger partial charge in [0.25, 0.3) is 0 Å². The van der Waals surface area contributed by atoms with Crippen molar-refractivity contribution in [2.75, 3.05) is 27.3 Å². The summed E-state index contributed by atoms with van der Waals surface area (Å²) in [4.78, 5) is 12.9. The molecule has 0 fully saturated rings. The number of amides is 1. The van der Waals surface area contributed by atoms with Crippen LogP contribution in [0.4, 0.5) is 0 Å². The van der Waals surface area contributed by atoms with E-state index in [1.165, 1.54) is 0 Å². The summed E-state index contributed by atoms with van der Waals surface area (Å²) in [5.74, 6) is 1.58. The number of fused-ring (bicyclic) bond motifs is 1. The van der Waals surface area contributed by atoms with Gasteiger partial charge in [-0.2, -0.15) is 5.10 Å². The van der Waals surface area contributed by atoms with Crippen LogP contribution in [-0.2, 0) is 4.79 Å². The fraction of sp³-hybridized carbons (Fsp3) is 0.524. The lowest BCUT2D eigenvalue weighted by molar-refractivity contribution is -0.137. The van der Waals surface area contributed by atoms with Crippen LogP contribution in [0.5, 0.6) is 11.5 Å². The third-order valence-electron chi connectivity index (χ3n) is 5.34. The van der Waals surface area contributed by atoms with Gasteiger partial charge in [-0.05, 0) is 50.4 Å². The first-order valence-corrected chi connectivity index (χ1v) is 9.67. The van der Waals surface area contributed by atoms with Gasteiger partial charge >= 0.3 is 0 Å². The highest BCUT2D eigenvalue weighted by molar-refractivity contribution is 6.07. The molecular formula is C21H29N3O3. The van der Waals surface area contributed by atoms with Crippen LogP contribution in [0.2, 0.25) is 0 Å². The Kier molecular flexibility index (Phi) is 6.50. The molecule has 6 heteroatoms. The number of nitrogens with two attached hydrogens (primary N) is 1. The van der Waals surface area contributed by atoms with E-state index >= 15 is 0 Å². The van der Waals surface area contributed by atoms with Crippen LogP contribution >= 0.6 is 0 Å². The molecule has 1 aromatic carbocycles. The van der Waals surface area contributed by atoms with Crippen LogP contribution < -0.4 is 15.2 Å². The van der Waals surface area contributed by atoms with E-state index in [9.17, 15) is 4.79 Å². The number of hydrogen-bond donors (Lipinski definition) is 1. The topological polar surface area (TPSA) is 77.1 Å². The van der Waals surface area contributed by atoms with Crippen molar-refractivity contribution in [1.82, 2.24) is 5.01 Å². The number of carbonyl (C=O) groups is 1. The fourth-order valence-corrected chi connectivity index (χ4v) is 3.84. The highest BCUT2D eigenvalue weighted by Crippen LogP contribution is 2.36. The van der Waals surface area contributed by atoms with Crippen molar-refractivity contribution in [3.05, 3.63) is 35.9 Å². The summed E-state index contributed by atoms with van der Waals surface area (Å²) in [6.45, 7) is 1.33. The molecule has 6 nitrogen and oxygen atoms in total. The van der Waals surface area contributed by atoms with Gasteiger partial charge in [0, 0.05) is 18.0 Å². The minimum absolute atomic E-state index is 0.0369. The number of carbonyl (C=O) groups excluding carboxylic acids is 1. The predicted octanol–water partition coefficient (Wildman–Crippen LogP) is 2.96. The van der Waals surface area contributed by atoms with Crippen molar-refractivity contribution >= 4 is 11.6 Å². The largest absolute Gasteiger partial charge is 0.493 e. The van der Waals surface area contributed by atoms with E-state index < -0.39 is 0 Å². The molecule has 3 rings (SSSR count). The molecule has 0 aromatic heterocycles. The van der Waals surface area contributed by atoms with Gasteiger partial charge in [0.15, 0.2) is 11.5 Å². The van der Waals surface area contributed by atoms with Crippen molar-refractivity contribution in [3.8, 4) is 11.5 Å². The van der Waals surface area contributed by atoms with E-state index in [4.69, 9.17) is 20.3 Å². The minimum atomic E-state index is -0.0369. The maximum atomic E-state index is 12.9. The first-order chi connectivity index (χ1) is 13.2. The van der Waals surface area contributed by atoms with Crippen LogP contribution in [0.3, 0.4) is 0 Å². The second kappa shape index (κ2) is 9.04. The molecule has 1 aliphatic heterocycles. The Balaban J connectivity index is 1.91. The maximum Gasteiger partial charge on any atom is 0.246 e. The summed E-state index contributed by atoms with van der Waals surface area (Å²) >= 11 is 0. The third kappa shape index (κ3) is 4.16. The lowest BCUT2D eigenvalue weighted by Crippen LogP contribution is -2.45. The van der Waals surface area contributed by atoms with Crippen molar-refractivity contribution in [2.45, 2.75) is 32.1 Å². The number of allylic oxidation sites excluding steroid dienone is 2. The molecule has 0 saturated carbocycles. The van der Waals surface area contributed by atoms with Gasteiger partial charge in [0.05, 0.1) is 25.8 Å². The average Bonchev–Trinajstić information content (AvgIpc) is 2.72. The van der Waals surface area contributed by atoms with Crippen LogP contribution in [0.15, 0.2) is 35.5 Å². The molecule has 1 heterocycles. The number of nitrogens with zero attached hydrogens (tertiary/aromatic N) is 2. The second-order valence-electron chi connectivity index (χ2n) is 7.02. The van der Waals surface area contributed by atoms with Crippen LogP contribution in [-0.4, -0.2) is 43.9 Å². The molecule has 0 radical (unpaired) electrons. The van der Waals surface area contributed by atoms with Crippen LogP contribution in [0.1, 0.15) is 37.7 Å². The normalized spacial score (nSPS) is 21.7. The molecule has 2 atom stereocenters.